The number of benzene rings is 1. The molecule has 1 aliphatic heterocycles. The van der Waals surface area contributed by atoms with Crippen molar-refractivity contribution < 1.29 is 17.5 Å². The van der Waals surface area contributed by atoms with Crippen LogP contribution in [0.25, 0.3) is 0 Å². The van der Waals surface area contributed by atoms with E-state index in [0.29, 0.717) is 6.61 Å². The molecule has 2 rings (SSSR count). The van der Waals surface area contributed by atoms with Crippen LogP contribution in [0.15, 0.2) is 24.3 Å². The molecule has 0 radical (unpaired) electrons. The molecule has 1 saturated heterocycles. The highest BCUT2D eigenvalue weighted by atomic mass is 32.2. The fourth-order valence-electron chi connectivity index (χ4n) is 2.59. The molecular weight excluding hydrogens is 295 g/mol. The summed E-state index contributed by atoms with van der Waals surface area (Å²) in [6.07, 6.45) is 1.83. The molecule has 7 heteroatoms. The zero-order chi connectivity index (χ0) is 15.3. The van der Waals surface area contributed by atoms with Gasteiger partial charge in [-0.25, -0.2) is 17.5 Å². The predicted molar refractivity (Wildman–Crippen MR) is 78.9 cm³/mol. The van der Waals surface area contributed by atoms with Gasteiger partial charge in [-0.3, -0.25) is 0 Å². The first kappa shape index (κ1) is 16.4. The van der Waals surface area contributed by atoms with Crippen LogP contribution in [-0.4, -0.2) is 40.8 Å². The van der Waals surface area contributed by atoms with Gasteiger partial charge >= 0.3 is 0 Å². The predicted octanol–water partition coefficient (Wildman–Crippen LogP) is 1.01. The van der Waals surface area contributed by atoms with E-state index >= 15 is 0 Å². The molecule has 1 heterocycles. The molecule has 0 aromatic heterocycles. The first-order valence-electron chi connectivity index (χ1n) is 6.91. The van der Waals surface area contributed by atoms with Crippen LogP contribution < -0.4 is 10.0 Å². The SMILES string of the molecule is COCC1(CNS(=O)(=O)Cc2ccccc2F)CCCN1. The molecule has 21 heavy (non-hydrogen) atoms. The lowest BCUT2D eigenvalue weighted by Crippen LogP contribution is -2.53. The zero-order valence-corrected chi connectivity index (χ0v) is 12.9. The highest BCUT2D eigenvalue weighted by Crippen LogP contribution is 2.19. The molecule has 2 N–H and O–H groups in total. The Morgan fingerprint density at radius 3 is 2.81 bits per heavy atom. The van der Waals surface area contributed by atoms with Crippen molar-refractivity contribution in [1.29, 1.82) is 0 Å². The first-order chi connectivity index (χ1) is 9.96. The summed E-state index contributed by atoms with van der Waals surface area (Å²) in [6, 6.07) is 5.90. The Bertz CT molecular complexity index is 571. The molecule has 0 aliphatic carbocycles. The second-order valence-corrected chi connectivity index (χ2v) is 7.22. The normalized spacial score (nSPS) is 22.6. The summed E-state index contributed by atoms with van der Waals surface area (Å²) in [5.74, 6) is -0.864. The second kappa shape index (κ2) is 6.83. The van der Waals surface area contributed by atoms with Gasteiger partial charge in [-0.15, -0.1) is 0 Å². The Kier molecular flexibility index (Phi) is 5.32. The Hall–Kier alpha value is -1.02. The van der Waals surface area contributed by atoms with E-state index in [0.717, 1.165) is 19.4 Å². The van der Waals surface area contributed by atoms with Crippen molar-refractivity contribution in [2.75, 3.05) is 26.8 Å². The van der Waals surface area contributed by atoms with Gasteiger partial charge in [0.15, 0.2) is 0 Å². The van der Waals surface area contributed by atoms with Crippen molar-refractivity contribution in [1.82, 2.24) is 10.0 Å². The average Bonchev–Trinajstić information content (AvgIpc) is 2.89. The maximum absolute atomic E-state index is 13.5. The maximum atomic E-state index is 13.5. The quantitative estimate of drug-likeness (QED) is 0.788. The van der Waals surface area contributed by atoms with E-state index in [9.17, 15) is 12.8 Å². The van der Waals surface area contributed by atoms with E-state index in [-0.39, 0.29) is 23.4 Å². The van der Waals surface area contributed by atoms with Gasteiger partial charge in [-0.1, -0.05) is 18.2 Å². The van der Waals surface area contributed by atoms with Crippen LogP contribution in [0, 0.1) is 5.82 Å². The summed E-state index contributed by atoms with van der Waals surface area (Å²) in [7, 11) is -1.99. The fraction of sp³-hybridized carbons (Fsp3) is 0.571. The van der Waals surface area contributed by atoms with Crippen molar-refractivity contribution in [3.63, 3.8) is 0 Å². The minimum atomic E-state index is -3.59. The van der Waals surface area contributed by atoms with Gasteiger partial charge in [-0.2, -0.15) is 0 Å². The largest absolute Gasteiger partial charge is 0.383 e. The number of rotatable bonds is 7. The second-order valence-electron chi connectivity index (χ2n) is 5.42. The molecule has 1 unspecified atom stereocenters. The maximum Gasteiger partial charge on any atom is 0.215 e. The van der Waals surface area contributed by atoms with Gasteiger partial charge in [0.05, 0.1) is 17.9 Å². The summed E-state index contributed by atoms with van der Waals surface area (Å²) in [4.78, 5) is 0. The Morgan fingerprint density at radius 2 is 2.19 bits per heavy atom. The highest BCUT2D eigenvalue weighted by molar-refractivity contribution is 7.88. The number of methoxy groups -OCH3 is 1. The Morgan fingerprint density at radius 1 is 1.43 bits per heavy atom. The van der Waals surface area contributed by atoms with Crippen molar-refractivity contribution in [2.45, 2.75) is 24.1 Å². The Balaban J connectivity index is 1.99. The number of ether oxygens (including phenoxy) is 1. The average molecular weight is 316 g/mol. The van der Waals surface area contributed by atoms with E-state index in [1.54, 1.807) is 13.2 Å². The van der Waals surface area contributed by atoms with Crippen molar-refractivity contribution >= 4 is 10.0 Å². The standard InChI is InChI=1S/C14H21FN2O3S/c1-20-11-14(7-4-8-16-14)10-17-21(18,19)9-12-5-2-3-6-13(12)15/h2-3,5-6,16-17H,4,7-11H2,1H3. The Labute approximate surface area is 124 Å². The molecule has 0 saturated carbocycles. The summed E-state index contributed by atoms with van der Waals surface area (Å²) in [5.41, 5.74) is -0.193. The third kappa shape index (κ3) is 4.47. The van der Waals surface area contributed by atoms with Gasteiger partial charge in [-0.05, 0) is 25.5 Å². The topological polar surface area (TPSA) is 67.4 Å². The van der Waals surface area contributed by atoms with Gasteiger partial charge in [0, 0.05) is 19.2 Å². The summed E-state index contributed by atoms with van der Waals surface area (Å²) in [6.45, 7) is 1.53. The van der Waals surface area contributed by atoms with E-state index in [1.807, 2.05) is 0 Å². The summed E-state index contributed by atoms with van der Waals surface area (Å²) in [5, 5.41) is 3.29. The minimum absolute atomic E-state index is 0.171. The first-order valence-corrected chi connectivity index (χ1v) is 8.56. The summed E-state index contributed by atoms with van der Waals surface area (Å²) < 4.78 is 45.5. The van der Waals surface area contributed by atoms with E-state index in [1.165, 1.54) is 18.2 Å². The lowest BCUT2D eigenvalue weighted by molar-refractivity contribution is 0.122. The number of halogens is 1. The third-order valence-electron chi connectivity index (χ3n) is 3.69. The number of sulfonamides is 1. The molecule has 1 atom stereocenters. The van der Waals surface area contributed by atoms with E-state index in [4.69, 9.17) is 4.74 Å². The van der Waals surface area contributed by atoms with Crippen LogP contribution in [-0.2, 0) is 20.5 Å². The van der Waals surface area contributed by atoms with E-state index in [2.05, 4.69) is 10.0 Å². The molecule has 5 nitrogen and oxygen atoms in total. The lowest BCUT2D eigenvalue weighted by Gasteiger charge is -2.28. The lowest BCUT2D eigenvalue weighted by atomic mass is 9.99. The molecule has 1 fully saturated rings. The van der Waals surface area contributed by atoms with Crippen LogP contribution in [0.1, 0.15) is 18.4 Å². The van der Waals surface area contributed by atoms with Crippen molar-refractivity contribution in [3.05, 3.63) is 35.6 Å². The minimum Gasteiger partial charge on any atom is -0.383 e. The molecule has 1 aliphatic rings. The van der Waals surface area contributed by atoms with Crippen molar-refractivity contribution in [2.24, 2.45) is 0 Å². The van der Waals surface area contributed by atoms with Crippen molar-refractivity contribution in [3.8, 4) is 0 Å². The highest BCUT2D eigenvalue weighted by Gasteiger charge is 2.34. The van der Waals surface area contributed by atoms with Gasteiger partial charge in [0.2, 0.25) is 10.0 Å². The molecule has 1 aromatic rings. The monoisotopic (exact) mass is 316 g/mol. The van der Waals surface area contributed by atoms with Crippen LogP contribution in [0.2, 0.25) is 0 Å². The number of hydrogen-bond donors (Lipinski definition) is 2. The summed E-state index contributed by atoms with van der Waals surface area (Å²) >= 11 is 0. The van der Waals surface area contributed by atoms with Gasteiger partial charge in [0.1, 0.15) is 5.82 Å². The van der Waals surface area contributed by atoms with Gasteiger partial charge in [0.25, 0.3) is 0 Å². The fourth-order valence-corrected chi connectivity index (χ4v) is 3.83. The van der Waals surface area contributed by atoms with Crippen LogP contribution >= 0.6 is 0 Å². The molecule has 0 bridgehead atoms. The zero-order valence-electron chi connectivity index (χ0n) is 12.1. The molecule has 118 valence electrons. The molecule has 0 spiro atoms. The number of hydrogen-bond acceptors (Lipinski definition) is 4. The van der Waals surface area contributed by atoms with Gasteiger partial charge < -0.3 is 10.1 Å². The molecule has 0 amide bonds. The number of nitrogens with one attached hydrogen (secondary N) is 2. The molecule has 1 aromatic carbocycles. The van der Waals surface area contributed by atoms with Crippen LogP contribution in [0.3, 0.4) is 0 Å². The van der Waals surface area contributed by atoms with Crippen LogP contribution in [0.4, 0.5) is 4.39 Å². The molecular formula is C14H21FN2O3S. The van der Waals surface area contributed by atoms with E-state index < -0.39 is 15.8 Å². The third-order valence-corrected chi connectivity index (χ3v) is 4.96. The van der Waals surface area contributed by atoms with Crippen LogP contribution in [0.5, 0.6) is 0 Å². The smallest absolute Gasteiger partial charge is 0.215 e.